The molecule has 3 unspecified atom stereocenters. The minimum atomic E-state index is -0.745. The molecule has 0 amide bonds. The van der Waals surface area contributed by atoms with Crippen LogP contribution in [0.1, 0.15) is 25.8 Å². The molecule has 1 aliphatic rings. The predicted molar refractivity (Wildman–Crippen MR) is 82.3 cm³/mol. The summed E-state index contributed by atoms with van der Waals surface area (Å²) >= 11 is 0. The highest BCUT2D eigenvalue weighted by atomic mass is 16.5. The Labute approximate surface area is 126 Å². The Balaban J connectivity index is 2.08. The number of carbonyl (C=O) groups is 1. The number of benzene rings is 1. The first-order valence-corrected chi connectivity index (χ1v) is 7.73. The van der Waals surface area contributed by atoms with Gasteiger partial charge in [0.25, 0.3) is 0 Å². The number of carboxylic acids is 1. The number of hydrogen-bond acceptors (Lipinski definition) is 3. The molecule has 2 rings (SSSR count). The minimum Gasteiger partial charge on any atom is -0.481 e. The molecule has 3 atom stereocenters. The molecule has 4 nitrogen and oxygen atoms in total. The summed E-state index contributed by atoms with van der Waals surface area (Å²) in [6.45, 7) is 6.08. The summed E-state index contributed by atoms with van der Waals surface area (Å²) in [5, 5.41) is 9.37. The number of ether oxygens (including phenoxy) is 1. The van der Waals surface area contributed by atoms with Gasteiger partial charge >= 0.3 is 5.97 Å². The SMILES string of the molecule is CCCN(C(C)Cc1ccccc1)C1COCC1C(=O)O. The van der Waals surface area contributed by atoms with Gasteiger partial charge in [0.1, 0.15) is 0 Å². The lowest BCUT2D eigenvalue weighted by molar-refractivity contribution is -0.143. The highest BCUT2D eigenvalue weighted by Gasteiger charge is 2.39. The third kappa shape index (κ3) is 4.05. The maximum atomic E-state index is 11.4. The van der Waals surface area contributed by atoms with E-state index in [2.05, 4.69) is 30.9 Å². The summed E-state index contributed by atoms with van der Waals surface area (Å²) in [7, 11) is 0. The minimum absolute atomic E-state index is 0.0128. The maximum absolute atomic E-state index is 11.4. The summed E-state index contributed by atoms with van der Waals surface area (Å²) in [5.74, 6) is -1.15. The van der Waals surface area contributed by atoms with Crippen LogP contribution in [0.2, 0.25) is 0 Å². The van der Waals surface area contributed by atoms with E-state index in [4.69, 9.17) is 4.74 Å². The molecule has 0 saturated carbocycles. The van der Waals surface area contributed by atoms with E-state index in [1.165, 1.54) is 5.56 Å². The van der Waals surface area contributed by atoms with Gasteiger partial charge in [0.05, 0.1) is 19.1 Å². The molecule has 116 valence electrons. The van der Waals surface area contributed by atoms with Crippen LogP contribution in [0.25, 0.3) is 0 Å². The van der Waals surface area contributed by atoms with E-state index in [0.717, 1.165) is 19.4 Å². The number of rotatable bonds is 7. The molecule has 1 aromatic rings. The number of aliphatic carboxylic acids is 1. The first-order valence-electron chi connectivity index (χ1n) is 7.73. The second-order valence-corrected chi connectivity index (χ2v) is 5.83. The highest BCUT2D eigenvalue weighted by Crippen LogP contribution is 2.23. The van der Waals surface area contributed by atoms with Crippen LogP contribution in [0.5, 0.6) is 0 Å². The second-order valence-electron chi connectivity index (χ2n) is 5.83. The van der Waals surface area contributed by atoms with E-state index in [0.29, 0.717) is 19.3 Å². The van der Waals surface area contributed by atoms with Gasteiger partial charge in [-0.05, 0) is 31.9 Å². The lowest BCUT2D eigenvalue weighted by atomic mass is 9.98. The fraction of sp³-hybridized carbons (Fsp3) is 0.588. The van der Waals surface area contributed by atoms with Crippen molar-refractivity contribution in [3.8, 4) is 0 Å². The van der Waals surface area contributed by atoms with E-state index >= 15 is 0 Å². The van der Waals surface area contributed by atoms with Crippen LogP contribution < -0.4 is 0 Å². The summed E-state index contributed by atoms with van der Waals surface area (Å²) < 4.78 is 5.44. The van der Waals surface area contributed by atoms with E-state index < -0.39 is 11.9 Å². The molecule has 0 aromatic heterocycles. The third-order valence-electron chi connectivity index (χ3n) is 4.22. The molecule has 1 saturated heterocycles. The fourth-order valence-corrected chi connectivity index (χ4v) is 3.15. The Morgan fingerprint density at radius 3 is 2.71 bits per heavy atom. The van der Waals surface area contributed by atoms with Gasteiger partial charge in [-0.3, -0.25) is 9.69 Å². The van der Waals surface area contributed by atoms with Gasteiger partial charge in [0.15, 0.2) is 0 Å². The number of hydrogen-bond donors (Lipinski definition) is 1. The Kier molecular flexibility index (Phi) is 5.76. The van der Waals surface area contributed by atoms with Gasteiger partial charge in [-0.25, -0.2) is 0 Å². The summed E-state index contributed by atoms with van der Waals surface area (Å²) in [6.07, 6.45) is 1.95. The van der Waals surface area contributed by atoms with Crippen molar-refractivity contribution in [1.82, 2.24) is 4.90 Å². The van der Waals surface area contributed by atoms with Crippen molar-refractivity contribution in [3.05, 3.63) is 35.9 Å². The zero-order chi connectivity index (χ0) is 15.2. The largest absolute Gasteiger partial charge is 0.481 e. The van der Waals surface area contributed by atoms with Crippen LogP contribution in [0.3, 0.4) is 0 Å². The molecular formula is C17H25NO3. The van der Waals surface area contributed by atoms with Gasteiger partial charge < -0.3 is 9.84 Å². The predicted octanol–water partition coefficient (Wildman–Crippen LogP) is 2.43. The fourth-order valence-electron chi connectivity index (χ4n) is 3.15. The molecule has 21 heavy (non-hydrogen) atoms. The van der Waals surface area contributed by atoms with Crippen molar-refractivity contribution in [3.63, 3.8) is 0 Å². The molecule has 1 heterocycles. The van der Waals surface area contributed by atoms with Gasteiger partial charge in [0, 0.05) is 12.1 Å². The molecule has 1 aromatic carbocycles. The normalized spacial score (nSPS) is 23.4. The van der Waals surface area contributed by atoms with Crippen molar-refractivity contribution in [2.24, 2.45) is 5.92 Å². The Morgan fingerprint density at radius 2 is 2.10 bits per heavy atom. The third-order valence-corrected chi connectivity index (χ3v) is 4.22. The standard InChI is InChI=1S/C17H25NO3/c1-3-9-18(16-12-21-11-15(16)17(19)20)13(2)10-14-7-5-4-6-8-14/h4-8,13,15-16H,3,9-12H2,1-2H3,(H,19,20). The number of carboxylic acid groups (broad SMARTS) is 1. The molecule has 1 aliphatic heterocycles. The molecule has 1 N–H and O–H groups in total. The smallest absolute Gasteiger partial charge is 0.310 e. The molecule has 0 bridgehead atoms. The van der Waals surface area contributed by atoms with Gasteiger partial charge in [-0.1, -0.05) is 37.3 Å². The van der Waals surface area contributed by atoms with Crippen molar-refractivity contribution < 1.29 is 14.6 Å². The van der Waals surface area contributed by atoms with Crippen LogP contribution in [0, 0.1) is 5.92 Å². The lowest BCUT2D eigenvalue weighted by Gasteiger charge is -2.35. The Bertz CT molecular complexity index is 449. The molecular weight excluding hydrogens is 266 g/mol. The Morgan fingerprint density at radius 1 is 1.38 bits per heavy atom. The van der Waals surface area contributed by atoms with Gasteiger partial charge in [0.2, 0.25) is 0 Å². The first-order chi connectivity index (χ1) is 10.1. The van der Waals surface area contributed by atoms with Gasteiger partial charge in [-0.2, -0.15) is 0 Å². The van der Waals surface area contributed by atoms with E-state index in [9.17, 15) is 9.90 Å². The summed E-state index contributed by atoms with van der Waals surface area (Å²) in [6, 6.07) is 10.7. The quantitative estimate of drug-likeness (QED) is 0.838. The van der Waals surface area contributed by atoms with E-state index in [-0.39, 0.29) is 6.04 Å². The highest BCUT2D eigenvalue weighted by molar-refractivity contribution is 5.71. The van der Waals surface area contributed by atoms with Crippen LogP contribution in [-0.2, 0) is 16.0 Å². The van der Waals surface area contributed by atoms with E-state index in [1.807, 2.05) is 18.2 Å². The monoisotopic (exact) mass is 291 g/mol. The van der Waals surface area contributed by atoms with Crippen LogP contribution >= 0.6 is 0 Å². The maximum Gasteiger partial charge on any atom is 0.310 e. The summed E-state index contributed by atoms with van der Waals surface area (Å²) in [4.78, 5) is 13.7. The number of nitrogens with zero attached hydrogens (tertiary/aromatic N) is 1. The lowest BCUT2D eigenvalue weighted by Crippen LogP contribution is -2.48. The molecule has 0 aliphatic carbocycles. The van der Waals surface area contributed by atoms with Crippen LogP contribution in [0.4, 0.5) is 0 Å². The van der Waals surface area contributed by atoms with Crippen molar-refractivity contribution >= 4 is 5.97 Å². The zero-order valence-corrected chi connectivity index (χ0v) is 12.9. The second kappa shape index (κ2) is 7.57. The van der Waals surface area contributed by atoms with Crippen LogP contribution in [-0.4, -0.2) is 47.8 Å². The topological polar surface area (TPSA) is 49.8 Å². The molecule has 1 fully saturated rings. The molecule has 0 radical (unpaired) electrons. The van der Waals surface area contributed by atoms with Crippen molar-refractivity contribution in [2.75, 3.05) is 19.8 Å². The van der Waals surface area contributed by atoms with Gasteiger partial charge in [-0.15, -0.1) is 0 Å². The first kappa shape index (κ1) is 16.0. The van der Waals surface area contributed by atoms with Crippen molar-refractivity contribution in [2.45, 2.75) is 38.8 Å². The van der Waals surface area contributed by atoms with Crippen LogP contribution in [0.15, 0.2) is 30.3 Å². The molecule has 0 spiro atoms. The zero-order valence-electron chi connectivity index (χ0n) is 12.9. The van der Waals surface area contributed by atoms with Crippen molar-refractivity contribution in [1.29, 1.82) is 0 Å². The van der Waals surface area contributed by atoms with E-state index in [1.54, 1.807) is 0 Å². The molecule has 4 heteroatoms. The Hall–Kier alpha value is -1.39. The average molecular weight is 291 g/mol. The summed E-state index contributed by atoms with van der Waals surface area (Å²) in [5.41, 5.74) is 1.29. The average Bonchev–Trinajstić information content (AvgIpc) is 2.95.